The third kappa shape index (κ3) is 3.90. The van der Waals surface area contributed by atoms with Crippen molar-refractivity contribution in [2.45, 2.75) is 24.9 Å². The van der Waals surface area contributed by atoms with Crippen LogP contribution in [0.25, 0.3) is 0 Å². The Labute approximate surface area is 166 Å². The van der Waals surface area contributed by atoms with Crippen molar-refractivity contribution in [2.24, 2.45) is 0 Å². The molecule has 0 saturated carbocycles. The summed E-state index contributed by atoms with van der Waals surface area (Å²) >= 11 is 12.0. The number of benzene rings is 1. The summed E-state index contributed by atoms with van der Waals surface area (Å²) in [6, 6.07) is 3.29. The topological polar surface area (TPSA) is 113 Å². The van der Waals surface area contributed by atoms with Gasteiger partial charge < -0.3 is 10.6 Å². The lowest BCUT2D eigenvalue weighted by Crippen LogP contribution is -2.45. The van der Waals surface area contributed by atoms with Gasteiger partial charge in [0.05, 0.1) is 11.5 Å². The first kappa shape index (κ1) is 19.9. The molecule has 0 aliphatic carbocycles. The zero-order valence-electron chi connectivity index (χ0n) is 14.3. The number of nitrogens with zero attached hydrogens (tertiary/aromatic N) is 1. The van der Waals surface area contributed by atoms with E-state index in [0.717, 1.165) is 4.90 Å². The molecule has 3 rings (SSSR count). The fourth-order valence-corrected chi connectivity index (χ4v) is 5.51. The molecule has 2 fully saturated rings. The third-order valence-electron chi connectivity index (χ3n) is 4.64. The lowest BCUT2D eigenvalue weighted by Gasteiger charge is -2.23. The minimum Gasteiger partial charge on any atom is -0.351 e. The van der Waals surface area contributed by atoms with Crippen molar-refractivity contribution in [3.63, 3.8) is 0 Å². The summed E-state index contributed by atoms with van der Waals surface area (Å²) in [5.74, 6) is -1.37. The maximum atomic E-state index is 12.8. The largest absolute Gasteiger partial charge is 0.351 e. The van der Waals surface area contributed by atoms with Crippen LogP contribution in [0.5, 0.6) is 0 Å². The molecule has 2 aliphatic rings. The highest BCUT2D eigenvalue weighted by Crippen LogP contribution is 2.34. The quantitative estimate of drug-likeness (QED) is 0.689. The van der Waals surface area contributed by atoms with Crippen LogP contribution in [-0.2, 0) is 25.0 Å². The number of halogens is 2. The van der Waals surface area contributed by atoms with Gasteiger partial charge in [0.15, 0.2) is 9.84 Å². The lowest BCUT2D eigenvalue weighted by molar-refractivity contribution is -0.135. The van der Waals surface area contributed by atoms with Gasteiger partial charge in [-0.1, -0.05) is 29.3 Å². The summed E-state index contributed by atoms with van der Waals surface area (Å²) in [7, 11) is -3.15. The Balaban J connectivity index is 1.73. The van der Waals surface area contributed by atoms with Crippen LogP contribution in [-0.4, -0.2) is 55.3 Å². The van der Waals surface area contributed by atoms with E-state index in [1.54, 1.807) is 6.07 Å². The number of urea groups is 1. The molecule has 2 heterocycles. The molecule has 27 heavy (non-hydrogen) atoms. The molecule has 2 atom stereocenters. The molecule has 2 saturated heterocycles. The van der Waals surface area contributed by atoms with Crippen LogP contribution < -0.4 is 10.6 Å². The van der Waals surface area contributed by atoms with Crippen molar-refractivity contribution in [3.05, 3.63) is 33.8 Å². The molecule has 146 valence electrons. The number of hydrogen-bond donors (Lipinski definition) is 2. The number of nitrogens with one attached hydrogen (secondary N) is 2. The van der Waals surface area contributed by atoms with Gasteiger partial charge >= 0.3 is 6.03 Å². The molecule has 8 nitrogen and oxygen atoms in total. The van der Waals surface area contributed by atoms with E-state index in [1.165, 1.54) is 19.1 Å². The Kier molecular flexibility index (Phi) is 5.13. The minimum atomic E-state index is -3.15. The molecule has 11 heteroatoms. The standard InChI is InChI=1S/C16H17Cl2N3O5S/c1-16(11-3-2-9(17)6-12(11)18)14(23)21(15(24)20-16)7-13(22)19-10-4-5-27(25,26)8-10/h2-3,6,10H,4-5,7-8H2,1H3,(H,19,22)(H,20,24). The Morgan fingerprint density at radius 1 is 1.37 bits per heavy atom. The Hall–Kier alpha value is -1.84. The molecule has 4 amide bonds. The molecular formula is C16H17Cl2N3O5S. The minimum absolute atomic E-state index is 0.00815. The zero-order chi connectivity index (χ0) is 20.0. The number of sulfone groups is 1. The Bertz CT molecular complexity index is 936. The molecule has 2 aliphatic heterocycles. The fourth-order valence-electron chi connectivity index (χ4n) is 3.24. The second-order valence-electron chi connectivity index (χ2n) is 6.74. The number of hydrogen-bond acceptors (Lipinski definition) is 5. The number of amides is 4. The second-order valence-corrected chi connectivity index (χ2v) is 9.81. The lowest BCUT2D eigenvalue weighted by atomic mass is 9.92. The highest BCUT2D eigenvalue weighted by atomic mass is 35.5. The predicted molar refractivity (Wildman–Crippen MR) is 99.3 cm³/mol. The molecule has 0 radical (unpaired) electrons. The number of carbonyl (C=O) groups is 3. The summed E-state index contributed by atoms with van der Waals surface area (Å²) in [6.07, 6.45) is 0.312. The highest BCUT2D eigenvalue weighted by Gasteiger charge is 2.50. The van der Waals surface area contributed by atoms with E-state index in [9.17, 15) is 22.8 Å². The van der Waals surface area contributed by atoms with Crippen molar-refractivity contribution < 1.29 is 22.8 Å². The van der Waals surface area contributed by atoms with Crippen molar-refractivity contribution in [1.82, 2.24) is 15.5 Å². The van der Waals surface area contributed by atoms with E-state index in [4.69, 9.17) is 23.2 Å². The van der Waals surface area contributed by atoms with Gasteiger partial charge in [-0.2, -0.15) is 0 Å². The molecule has 0 bridgehead atoms. The van der Waals surface area contributed by atoms with Gasteiger partial charge in [0.2, 0.25) is 5.91 Å². The van der Waals surface area contributed by atoms with Gasteiger partial charge in [-0.15, -0.1) is 0 Å². The third-order valence-corrected chi connectivity index (χ3v) is 6.96. The Morgan fingerprint density at radius 3 is 2.67 bits per heavy atom. The summed E-state index contributed by atoms with van der Waals surface area (Å²) in [4.78, 5) is 38.1. The molecule has 1 aromatic rings. The van der Waals surface area contributed by atoms with Crippen LogP contribution in [0.4, 0.5) is 4.79 Å². The van der Waals surface area contributed by atoms with E-state index in [1.807, 2.05) is 0 Å². The van der Waals surface area contributed by atoms with Gasteiger partial charge in [-0.05, 0) is 25.5 Å². The number of rotatable bonds is 4. The SMILES string of the molecule is CC1(c2ccc(Cl)cc2Cl)NC(=O)N(CC(=O)NC2CCS(=O)(=O)C2)C1=O. The molecule has 1 aromatic carbocycles. The van der Waals surface area contributed by atoms with Gasteiger partial charge in [-0.3, -0.25) is 14.5 Å². The molecular weight excluding hydrogens is 417 g/mol. The van der Waals surface area contributed by atoms with Crippen LogP contribution in [0.1, 0.15) is 18.9 Å². The first-order chi connectivity index (χ1) is 12.5. The fraction of sp³-hybridized carbons (Fsp3) is 0.438. The zero-order valence-corrected chi connectivity index (χ0v) is 16.6. The van der Waals surface area contributed by atoms with Gasteiger partial charge in [0.1, 0.15) is 12.1 Å². The first-order valence-corrected chi connectivity index (χ1v) is 10.7. The van der Waals surface area contributed by atoms with E-state index in [2.05, 4.69) is 10.6 Å². The average molecular weight is 434 g/mol. The van der Waals surface area contributed by atoms with Gasteiger partial charge in [0, 0.05) is 21.7 Å². The molecule has 2 unspecified atom stereocenters. The van der Waals surface area contributed by atoms with E-state index in [0.29, 0.717) is 17.0 Å². The van der Waals surface area contributed by atoms with Crippen LogP contribution in [0.15, 0.2) is 18.2 Å². The van der Waals surface area contributed by atoms with E-state index >= 15 is 0 Å². The van der Waals surface area contributed by atoms with Crippen LogP contribution in [0.2, 0.25) is 10.0 Å². The normalized spacial score (nSPS) is 26.9. The Morgan fingerprint density at radius 2 is 2.07 bits per heavy atom. The van der Waals surface area contributed by atoms with Crippen molar-refractivity contribution >= 4 is 50.9 Å². The highest BCUT2D eigenvalue weighted by molar-refractivity contribution is 7.91. The van der Waals surface area contributed by atoms with Crippen LogP contribution >= 0.6 is 23.2 Å². The number of imide groups is 1. The summed E-state index contributed by atoms with van der Waals surface area (Å²) in [6.45, 7) is 0.978. The summed E-state index contributed by atoms with van der Waals surface area (Å²) in [5.41, 5.74) is -1.08. The smallest absolute Gasteiger partial charge is 0.325 e. The average Bonchev–Trinajstić information content (AvgIpc) is 2.99. The predicted octanol–water partition coefficient (Wildman–Crippen LogP) is 1.06. The molecule has 2 N–H and O–H groups in total. The van der Waals surface area contributed by atoms with Gasteiger partial charge in [-0.25, -0.2) is 13.2 Å². The monoisotopic (exact) mass is 433 g/mol. The molecule has 0 aromatic heterocycles. The molecule has 0 spiro atoms. The maximum absolute atomic E-state index is 12.8. The first-order valence-electron chi connectivity index (χ1n) is 8.11. The maximum Gasteiger partial charge on any atom is 0.325 e. The summed E-state index contributed by atoms with van der Waals surface area (Å²) in [5, 5.41) is 5.70. The number of carbonyl (C=O) groups excluding carboxylic acids is 3. The van der Waals surface area contributed by atoms with E-state index < -0.39 is 45.8 Å². The van der Waals surface area contributed by atoms with Crippen molar-refractivity contribution in [1.29, 1.82) is 0 Å². The van der Waals surface area contributed by atoms with Crippen LogP contribution in [0.3, 0.4) is 0 Å². The van der Waals surface area contributed by atoms with Gasteiger partial charge in [0.25, 0.3) is 5.91 Å². The van der Waals surface area contributed by atoms with Crippen molar-refractivity contribution in [2.75, 3.05) is 18.1 Å². The van der Waals surface area contributed by atoms with Crippen molar-refractivity contribution in [3.8, 4) is 0 Å². The second kappa shape index (κ2) is 6.96. The summed E-state index contributed by atoms with van der Waals surface area (Å²) < 4.78 is 22.9. The van der Waals surface area contributed by atoms with E-state index in [-0.39, 0.29) is 16.5 Å². The van der Waals surface area contributed by atoms with Crippen LogP contribution in [0, 0.1) is 0 Å².